The molecule has 0 saturated heterocycles. The van der Waals surface area contributed by atoms with Crippen molar-refractivity contribution in [1.29, 1.82) is 0 Å². The summed E-state index contributed by atoms with van der Waals surface area (Å²) in [5, 5.41) is 4.35. The van der Waals surface area contributed by atoms with Crippen LogP contribution in [0.4, 0.5) is 0 Å². The Labute approximate surface area is 106 Å². The smallest absolute Gasteiger partial charge is 0.371 e. The number of nitrogens with zero attached hydrogens (tertiary/aromatic N) is 2. The van der Waals surface area contributed by atoms with Crippen molar-refractivity contribution >= 4 is 0 Å². The average molecular weight is 316 g/mol. The van der Waals surface area contributed by atoms with E-state index in [-0.39, 0.29) is 24.0 Å². The van der Waals surface area contributed by atoms with Gasteiger partial charge in [-0.05, 0) is 19.1 Å². The highest BCUT2D eigenvalue weighted by atomic mass is 127. The molecule has 0 bridgehead atoms. The zero-order valence-corrected chi connectivity index (χ0v) is 10.9. The number of aromatic nitrogens is 2. The van der Waals surface area contributed by atoms with Crippen LogP contribution in [-0.2, 0) is 6.54 Å². The molecule has 0 fully saturated rings. The second kappa shape index (κ2) is 5.25. The molecule has 0 spiro atoms. The molecule has 80 valence electrons. The first-order valence-electron chi connectivity index (χ1n) is 4.74. The molecule has 0 N–H and O–H groups in total. The van der Waals surface area contributed by atoms with Gasteiger partial charge in [-0.15, -0.1) is 0 Å². The van der Waals surface area contributed by atoms with Crippen molar-refractivity contribution in [2.45, 2.75) is 20.4 Å². The van der Waals surface area contributed by atoms with E-state index in [1.807, 2.05) is 48.9 Å². The lowest BCUT2D eigenvalue weighted by atomic mass is 10.2. The van der Waals surface area contributed by atoms with E-state index in [1.165, 1.54) is 0 Å². The normalized spacial score (nSPS) is 9.73. The van der Waals surface area contributed by atoms with Crippen LogP contribution in [0.25, 0.3) is 11.5 Å². The minimum atomic E-state index is 0. The van der Waals surface area contributed by atoms with Gasteiger partial charge in [0.1, 0.15) is 0 Å². The summed E-state index contributed by atoms with van der Waals surface area (Å²) in [5.41, 5.74) is 1.02. The predicted molar refractivity (Wildman–Crippen MR) is 52.5 cm³/mol. The summed E-state index contributed by atoms with van der Waals surface area (Å²) in [6.45, 7) is 4.80. The topological polar surface area (TPSA) is 29.9 Å². The fraction of sp³-hybridized carbons (Fsp3) is 0.273. The second-order valence-corrected chi connectivity index (χ2v) is 3.11. The van der Waals surface area contributed by atoms with Gasteiger partial charge < -0.3 is 28.4 Å². The molecule has 0 radical (unpaired) electrons. The summed E-state index contributed by atoms with van der Waals surface area (Å²) in [5.74, 6) is 1.52. The first-order valence-corrected chi connectivity index (χ1v) is 4.74. The molecule has 0 aliphatic rings. The molecule has 2 aromatic rings. The van der Waals surface area contributed by atoms with Crippen LogP contribution in [0.5, 0.6) is 0 Å². The van der Waals surface area contributed by atoms with Crippen molar-refractivity contribution in [2.24, 2.45) is 0 Å². The van der Waals surface area contributed by atoms with E-state index in [1.54, 1.807) is 0 Å². The Bertz CT molecular complexity index is 425. The van der Waals surface area contributed by atoms with E-state index in [0.717, 1.165) is 18.0 Å². The van der Waals surface area contributed by atoms with Gasteiger partial charge in [0.15, 0.2) is 6.54 Å². The highest BCUT2D eigenvalue weighted by Gasteiger charge is 2.16. The Hall–Kier alpha value is -0.910. The Morgan fingerprint density at radius 1 is 1.27 bits per heavy atom. The molecular weight excluding hydrogens is 303 g/mol. The Balaban J connectivity index is 0.00000112. The Kier molecular flexibility index (Phi) is 4.26. The first kappa shape index (κ1) is 12.2. The summed E-state index contributed by atoms with van der Waals surface area (Å²) in [6.07, 6.45) is 0. The molecule has 1 aromatic heterocycles. The maximum Gasteiger partial charge on any atom is 0.371 e. The lowest BCUT2D eigenvalue weighted by Crippen LogP contribution is -3.00. The number of halogens is 1. The molecule has 0 aliphatic heterocycles. The molecular formula is C11H13IN2O. The fourth-order valence-electron chi connectivity index (χ4n) is 1.38. The van der Waals surface area contributed by atoms with Crippen molar-refractivity contribution < 1.29 is 33.1 Å². The first-order chi connectivity index (χ1) is 6.81. The van der Waals surface area contributed by atoms with Gasteiger partial charge in [0.2, 0.25) is 0 Å². The van der Waals surface area contributed by atoms with Crippen molar-refractivity contribution in [3.63, 3.8) is 0 Å². The molecule has 0 amide bonds. The quantitative estimate of drug-likeness (QED) is 0.523. The van der Waals surface area contributed by atoms with Crippen LogP contribution in [0.1, 0.15) is 12.8 Å². The van der Waals surface area contributed by atoms with Crippen LogP contribution in [0.15, 0.2) is 34.7 Å². The summed E-state index contributed by atoms with van der Waals surface area (Å²) < 4.78 is 7.39. The Morgan fingerprint density at radius 2 is 1.93 bits per heavy atom. The number of aryl methyl sites for hydroxylation is 2. The van der Waals surface area contributed by atoms with Crippen molar-refractivity contribution in [1.82, 2.24) is 5.10 Å². The fourth-order valence-corrected chi connectivity index (χ4v) is 1.38. The standard InChI is InChI=1S/C11H13N2O.HI/c1-3-13-9(2)14-11(12-13)10-7-5-4-6-8-10;/h4-8H,3H2,1-2H3;1H/q+1;/p-1. The lowest BCUT2D eigenvalue weighted by Gasteiger charge is -1.88. The van der Waals surface area contributed by atoms with E-state index in [0.29, 0.717) is 5.89 Å². The SMILES string of the molecule is CC[n+]1nc(-c2ccccc2)oc1C.[I-]. The molecule has 0 unspecified atom stereocenters. The van der Waals surface area contributed by atoms with Gasteiger partial charge >= 0.3 is 5.89 Å². The molecule has 1 heterocycles. The molecule has 0 atom stereocenters. The van der Waals surface area contributed by atoms with Gasteiger partial charge in [-0.25, -0.2) is 0 Å². The molecule has 3 nitrogen and oxygen atoms in total. The third kappa shape index (κ3) is 2.56. The van der Waals surface area contributed by atoms with Crippen LogP contribution in [0.3, 0.4) is 0 Å². The predicted octanol–water partition coefficient (Wildman–Crippen LogP) is -1.04. The van der Waals surface area contributed by atoms with Crippen molar-refractivity contribution in [3.05, 3.63) is 36.2 Å². The summed E-state index contributed by atoms with van der Waals surface area (Å²) >= 11 is 0. The number of hydrogen-bond acceptors (Lipinski definition) is 2. The highest BCUT2D eigenvalue weighted by Crippen LogP contribution is 2.15. The van der Waals surface area contributed by atoms with Gasteiger partial charge in [0, 0.05) is 10.7 Å². The second-order valence-electron chi connectivity index (χ2n) is 3.11. The Morgan fingerprint density at radius 3 is 2.47 bits per heavy atom. The minimum Gasteiger partial charge on any atom is -1.00 e. The minimum absolute atomic E-state index is 0. The van der Waals surface area contributed by atoms with Crippen molar-refractivity contribution in [3.8, 4) is 11.5 Å². The van der Waals surface area contributed by atoms with Crippen LogP contribution in [-0.4, -0.2) is 5.10 Å². The zero-order chi connectivity index (χ0) is 9.97. The van der Waals surface area contributed by atoms with Gasteiger partial charge in [-0.3, -0.25) is 0 Å². The van der Waals surface area contributed by atoms with Crippen LogP contribution in [0, 0.1) is 6.92 Å². The highest BCUT2D eigenvalue weighted by molar-refractivity contribution is 5.51. The van der Waals surface area contributed by atoms with Gasteiger partial charge in [-0.1, -0.05) is 22.9 Å². The van der Waals surface area contributed by atoms with E-state index in [4.69, 9.17) is 4.42 Å². The van der Waals surface area contributed by atoms with E-state index in [9.17, 15) is 0 Å². The average Bonchev–Trinajstić information content (AvgIpc) is 2.61. The van der Waals surface area contributed by atoms with Gasteiger partial charge in [0.25, 0.3) is 5.89 Å². The van der Waals surface area contributed by atoms with E-state index in [2.05, 4.69) is 5.10 Å². The number of hydrogen-bond donors (Lipinski definition) is 0. The summed E-state index contributed by atoms with van der Waals surface area (Å²) in [6, 6.07) is 9.92. The molecule has 0 aliphatic carbocycles. The summed E-state index contributed by atoms with van der Waals surface area (Å²) in [7, 11) is 0. The van der Waals surface area contributed by atoms with Gasteiger partial charge in [-0.2, -0.15) is 0 Å². The van der Waals surface area contributed by atoms with Crippen LogP contribution < -0.4 is 28.7 Å². The largest absolute Gasteiger partial charge is 1.00 e. The molecule has 1 aromatic carbocycles. The van der Waals surface area contributed by atoms with Crippen LogP contribution in [0.2, 0.25) is 0 Å². The molecule has 0 saturated carbocycles. The summed E-state index contributed by atoms with van der Waals surface area (Å²) in [4.78, 5) is 0. The third-order valence-electron chi connectivity index (χ3n) is 2.14. The monoisotopic (exact) mass is 316 g/mol. The molecule has 4 heteroatoms. The number of benzene rings is 1. The number of rotatable bonds is 2. The third-order valence-corrected chi connectivity index (χ3v) is 2.14. The maximum atomic E-state index is 5.54. The molecule has 2 rings (SSSR count). The van der Waals surface area contributed by atoms with Crippen molar-refractivity contribution in [2.75, 3.05) is 0 Å². The lowest BCUT2D eigenvalue weighted by molar-refractivity contribution is -0.756. The zero-order valence-electron chi connectivity index (χ0n) is 8.77. The van der Waals surface area contributed by atoms with E-state index < -0.39 is 0 Å². The van der Waals surface area contributed by atoms with Gasteiger partial charge in [0.05, 0.1) is 6.92 Å². The van der Waals surface area contributed by atoms with E-state index >= 15 is 0 Å². The molecule has 15 heavy (non-hydrogen) atoms. The van der Waals surface area contributed by atoms with Crippen LogP contribution >= 0.6 is 0 Å². The maximum absolute atomic E-state index is 5.54.